The van der Waals surface area contributed by atoms with Crippen LogP contribution in [-0.2, 0) is 19.3 Å². The molecular formula is C3H7NO4S. The zero-order valence-corrected chi connectivity index (χ0v) is 5.88. The molecule has 0 rings (SSSR count). The Kier molecular flexibility index (Phi) is 2.60. The summed E-state index contributed by atoms with van der Waals surface area (Å²) in [5.74, 6) is 0. The molecule has 6 heteroatoms. The highest BCUT2D eigenvalue weighted by Gasteiger charge is 2.12. The van der Waals surface area contributed by atoms with Crippen LogP contribution in [-0.4, -0.2) is 33.3 Å². The molecule has 0 aliphatic carbocycles. The lowest BCUT2D eigenvalue weighted by atomic mass is 11.3. The monoisotopic (exact) mass is 153 g/mol. The molecule has 0 aliphatic rings. The van der Waals surface area contributed by atoms with E-state index in [2.05, 4.69) is 4.18 Å². The van der Waals surface area contributed by atoms with Gasteiger partial charge in [0.15, 0.2) is 0 Å². The predicted octanol–water partition coefficient (Wildman–Crippen LogP) is -1.03. The minimum atomic E-state index is -3.78. The standard InChI is InChI=1S/C3H7NO4S/c1-4(2)9(6,7)8-3-5/h3H,1-2H3. The number of rotatable bonds is 3. The van der Waals surface area contributed by atoms with Crippen molar-refractivity contribution in [3.8, 4) is 0 Å². The molecule has 0 amide bonds. The van der Waals surface area contributed by atoms with Gasteiger partial charge in [0.2, 0.25) is 0 Å². The van der Waals surface area contributed by atoms with Gasteiger partial charge in [0.1, 0.15) is 0 Å². The Morgan fingerprint density at radius 2 is 1.89 bits per heavy atom. The van der Waals surface area contributed by atoms with Gasteiger partial charge in [-0.3, -0.25) is 4.79 Å². The molecule has 0 heterocycles. The van der Waals surface area contributed by atoms with E-state index in [1.165, 1.54) is 14.1 Å². The van der Waals surface area contributed by atoms with Crippen LogP contribution in [0.1, 0.15) is 0 Å². The van der Waals surface area contributed by atoms with Gasteiger partial charge in [-0.1, -0.05) is 0 Å². The maximum absolute atomic E-state index is 10.4. The molecular weight excluding hydrogens is 146 g/mol. The molecule has 0 aliphatic heterocycles. The van der Waals surface area contributed by atoms with Crippen LogP contribution in [0.15, 0.2) is 0 Å². The Hall–Kier alpha value is -0.620. The van der Waals surface area contributed by atoms with Gasteiger partial charge in [0, 0.05) is 14.1 Å². The number of carbonyl (C=O) groups excluding carboxylic acids is 1. The molecule has 0 aromatic carbocycles. The highest BCUT2D eigenvalue weighted by atomic mass is 32.2. The fourth-order valence-corrected chi connectivity index (χ4v) is 0.407. The zero-order chi connectivity index (χ0) is 7.49. The van der Waals surface area contributed by atoms with Crippen LogP contribution in [0.4, 0.5) is 0 Å². The second kappa shape index (κ2) is 2.79. The topological polar surface area (TPSA) is 63.7 Å². The van der Waals surface area contributed by atoms with E-state index in [1.807, 2.05) is 0 Å². The highest BCUT2D eigenvalue weighted by Crippen LogP contribution is 1.91. The van der Waals surface area contributed by atoms with Gasteiger partial charge in [0.05, 0.1) is 0 Å². The summed E-state index contributed by atoms with van der Waals surface area (Å²) in [6, 6.07) is 0. The lowest BCUT2D eigenvalue weighted by Crippen LogP contribution is -2.23. The first-order valence-electron chi connectivity index (χ1n) is 2.05. The van der Waals surface area contributed by atoms with Crippen molar-refractivity contribution in [1.82, 2.24) is 4.31 Å². The molecule has 0 spiro atoms. The molecule has 5 nitrogen and oxygen atoms in total. The largest absolute Gasteiger partial charge is 0.386 e. The van der Waals surface area contributed by atoms with Gasteiger partial charge in [-0.15, -0.1) is 0 Å². The van der Waals surface area contributed by atoms with E-state index < -0.39 is 10.3 Å². The van der Waals surface area contributed by atoms with Crippen molar-refractivity contribution >= 4 is 16.8 Å². The van der Waals surface area contributed by atoms with Crippen molar-refractivity contribution in [2.75, 3.05) is 14.1 Å². The van der Waals surface area contributed by atoms with E-state index >= 15 is 0 Å². The molecule has 0 aromatic rings. The van der Waals surface area contributed by atoms with Gasteiger partial charge in [0.25, 0.3) is 0 Å². The summed E-state index contributed by atoms with van der Waals surface area (Å²) in [5, 5.41) is 0. The van der Waals surface area contributed by atoms with Crippen LogP contribution < -0.4 is 0 Å². The SMILES string of the molecule is CN(C)S(=O)(=O)OC=O. The fraction of sp³-hybridized carbons (Fsp3) is 0.667. The number of nitrogens with zero attached hydrogens (tertiary/aromatic N) is 1. The lowest BCUT2D eigenvalue weighted by Gasteiger charge is -2.05. The van der Waals surface area contributed by atoms with Crippen molar-refractivity contribution in [3.05, 3.63) is 0 Å². The summed E-state index contributed by atoms with van der Waals surface area (Å²) in [7, 11) is -1.26. The maximum atomic E-state index is 10.4. The predicted molar refractivity (Wildman–Crippen MR) is 29.8 cm³/mol. The van der Waals surface area contributed by atoms with Crippen molar-refractivity contribution in [2.45, 2.75) is 0 Å². The van der Waals surface area contributed by atoms with E-state index in [1.54, 1.807) is 0 Å². The molecule has 0 bridgehead atoms. The third-order valence-corrected chi connectivity index (χ3v) is 1.82. The minimum Gasteiger partial charge on any atom is -0.337 e. The van der Waals surface area contributed by atoms with Crippen LogP contribution in [0, 0.1) is 0 Å². The summed E-state index contributed by atoms with van der Waals surface area (Å²) < 4.78 is 25.3. The van der Waals surface area contributed by atoms with Crippen LogP contribution in [0.5, 0.6) is 0 Å². The maximum Gasteiger partial charge on any atom is 0.386 e. The Labute approximate surface area is 53.5 Å². The Balaban J connectivity index is 4.22. The normalized spacial score (nSPS) is 11.4. The van der Waals surface area contributed by atoms with E-state index in [9.17, 15) is 13.2 Å². The van der Waals surface area contributed by atoms with E-state index in [0.29, 0.717) is 0 Å². The molecule has 0 aromatic heterocycles. The molecule has 0 fully saturated rings. The average Bonchev–Trinajstić information content (AvgIpc) is 1.65. The fourth-order valence-electron chi connectivity index (χ4n) is 0.136. The average molecular weight is 153 g/mol. The summed E-state index contributed by atoms with van der Waals surface area (Å²) in [4.78, 5) is 9.50. The Morgan fingerprint density at radius 3 is 2.00 bits per heavy atom. The lowest BCUT2D eigenvalue weighted by molar-refractivity contribution is -0.120. The number of carbonyl (C=O) groups is 1. The number of hydrogen-bond acceptors (Lipinski definition) is 4. The second-order valence-corrected chi connectivity index (χ2v) is 3.21. The Morgan fingerprint density at radius 1 is 1.44 bits per heavy atom. The van der Waals surface area contributed by atoms with E-state index in [0.717, 1.165) is 4.31 Å². The number of hydrogen-bond donors (Lipinski definition) is 0. The summed E-state index contributed by atoms with van der Waals surface area (Å²) in [5.41, 5.74) is 0. The summed E-state index contributed by atoms with van der Waals surface area (Å²) >= 11 is 0. The first-order valence-corrected chi connectivity index (χ1v) is 3.41. The van der Waals surface area contributed by atoms with Crippen molar-refractivity contribution < 1.29 is 17.4 Å². The molecule has 9 heavy (non-hydrogen) atoms. The van der Waals surface area contributed by atoms with Crippen LogP contribution in [0.3, 0.4) is 0 Å². The Bertz CT molecular complexity index is 182. The molecule has 0 N–H and O–H groups in total. The first-order chi connectivity index (χ1) is 4.00. The van der Waals surface area contributed by atoms with E-state index in [-0.39, 0.29) is 6.47 Å². The van der Waals surface area contributed by atoms with Gasteiger partial charge < -0.3 is 4.18 Å². The zero-order valence-electron chi connectivity index (χ0n) is 5.07. The molecule has 0 atom stereocenters. The molecule has 0 unspecified atom stereocenters. The minimum absolute atomic E-state index is 0.130. The van der Waals surface area contributed by atoms with Gasteiger partial charge in [-0.05, 0) is 0 Å². The van der Waals surface area contributed by atoms with Gasteiger partial charge in [-0.2, -0.15) is 12.7 Å². The smallest absolute Gasteiger partial charge is 0.337 e. The third-order valence-electron chi connectivity index (χ3n) is 0.608. The van der Waals surface area contributed by atoms with Crippen LogP contribution in [0.25, 0.3) is 0 Å². The third kappa shape index (κ3) is 2.43. The summed E-state index contributed by atoms with van der Waals surface area (Å²) in [6.45, 7) is -0.130. The van der Waals surface area contributed by atoms with Crippen LogP contribution in [0.2, 0.25) is 0 Å². The second-order valence-electron chi connectivity index (χ2n) is 1.43. The molecule has 0 saturated heterocycles. The van der Waals surface area contributed by atoms with Crippen molar-refractivity contribution in [2.24, 2.45) is 0 Å². The molecule has 54 valence electrons. The van der Waals surface area contributed by atoms with Gasteiger partial charge in [-0.25, -0.2) is 0 Å². The van der Waals surface area contributed by atoms with Crippen molar-refractivity contribution in [3.63, 3.8) is 0 Å². The first kappa shape index (κ1) is 8.38. The van der Waals surface area contributed by atoms with Gasteiger partial charge >= 0.3 is 16.8 Å². The quantitative estimate of drug-likeness (QED) is 0.486. The van der Waals surface area contributed by atoms with Crippen LogP contribution >= 0.6 is 0 Å². The molecule has 0 saturated carbocycles. The molecule has 0 radical (unpaired) electrons. The highest BCUT2D eigenvalue weighted by molar-refractivity contribution is 7.84. The van der Waals surface area contributed by atoms with Crippen molar-refractivity contribution in [1.29, 1.82) is 0 Å². The summed E-state index contributed by atoms with van der Waals surface area (Å²) in [6.07, 6.45) is 0. The van der Waals surface area contributed by atoms with E-state index in [4.69, 9.17) is 0 Å².